The summed E-state index contributed by atoms with van der Waals surface area (Å²) < 4.78 is 13.5. The van der Waals surface area contributed by atoms with Crippen molar-refractivity contribution in [1.82, 2.24) is 14.9 Å². The molecule has 0 radical (unpaired) electrons. The van der Waals surface area contributed by atoms with E-state index in [1.807, 2.05) is 69.4 Å². The van der Waals surface area contributed by atoms with Crippen LogP contribution < -0.4 is 14.8 Å². The molecule has 6 nitrogen and oxygen atoms in total. The van der Waals surface area contributed by atoms with E-state index >= 15 is 0 Å². The molecule has 1 aliphatic heterocycles. The van der Waals surface area contributed by atoms with Crippen molar-refractivity contribution in [3.05, 3.63) is 77.4 Å². The summed E-state index contributed by atoms with van der Waals surface area (Å²) in [6.07, 6.45) is 4.42. The molecule has 0 saturated heterocycles. The van der Waals surface area contributed by atoms with Crippen molar-refractivity contribution in [2.24, 2.45) is 0 Å². The smallest absolute Gasteiger partial charge is 0.251 e. The number of hydrogen-bond donors (Lipinski definition) is 1. The first-order valence-corrected chi connectivity index (χ1v) is 10.1. The molecule has 0 aliphatic carbocycles. The van der Waals surface area contributed by atoms with Crippen LogP contribution in [-0.4, -0.2) is 28.2 Å². The number of imidazole rings is 1. The fourth-order valence-corrected chi connectivity index (χ4v) is 3.86. The second kappa shape index (κ2) is 7.86. The number of rotatable bonds is 5. The third kappa shape index (κ3) is 4.17. The summed E-state index contributed by atoms with van der Waals surface area (Å²) in [6.45, 7) is 6.78. The maximum atomic E-state index is 13.0. The summed E-state index contributed by atoms with van der Waals surface area (Å²) in [5.74, 6) is 2.39. The quantitative estimate of drug-likeness (QED) is 0.688. The molecule has 4 rings (SSSR count). The number of nitrogens with one attached hydrogen (secondary N) is 1. The van der Waals surface area contributed by atoms with Crippen LogP contribution in [0.4, 0.5) is 0 Å². The highest BCUT2D eigenvalue weighted by Crippen LogP contribution is 2.41. The first-order valence-electron chi connectivity index (χ1n) is 10.1. The van der Waals surface area contributed by atoms with Crippen molar-refractivity contribution in [1.29, 1.82) is 0 Å². The van der Waals surface area contributed by atoms with Crippen LogP contribution >= 0.6 is 0 Å². The average Bonchev–Trinajstić information content (AvgIpc) is 3.12. The number of nitrogens with zero attached hydrogens (tertiary/aromatic N) is 2. The van der Waals surface area contributed by atoms with Gasteiger partial charge in [0.25, 0.3) is 5.91 Å². The van der Waals surface area contributed by atoms with E-state index in [9.17, 15) is 4.79 Å². The standard InChI is InChI=1S/C24H27N3O3/c1-16-25-11-12-27(16)15-17-5-7-18(8-6-17)23(28)26-21-14-24(2,3)30-22-10-9-19(29-4)13-20(21)22/h5-13,21H,14-15H2,1-4H3,(H,26,28). The van der Waals surface area contributed by atoms with E-state index in [2.05, 4.69) is 14.9 Å². The third-order valence-electron chi connectivity index (χ3n) is 5.47. The maximum Gasteiger partial charge on any atom is 0.251 e. The van der Waals surface area contributed by atoms with Crippen molar-refractivity contribution in [3.63, 3.8) is 0 Å². The summed E-state index contributed by atoms with van der Waals surface area (Å²) in [5.41, 5.74) is 2.32. The molecular weight excluding hydrogens is 378 g/mol. The minimum Gasteiger partial charge on any atom is -0.497 e. The van der Waals surface area contributed by atoms with Crippen LogP contribution in [0.25, 0.3) is 0 Å². The Morgan fingerprint density at radius 2 is 2.03 bits per heavy atom. The zero-order valence-corrected chi connectivity index (χ0v) is 17.8. The van der Waals surface area contributed by atoms with E-state index < -0.39 is 0 Å². The second-order valence-electron chi connectivity index (χ2n) is 8.29. The first kappa shape index (κ1) is 20.0. The summed E-state index contributed by atoms with van der Waals surface area (Å²) in [4.78, 5) is 17.2. The predicted molar refractivity (Wildman–Crippen MR) is 115 cm³/mol. The lowest BCUT2D eigenvalue weighted by Gasteiger charge is -2.38. The number of carbonyl (C=O) groups is 1. The SMILES string of the molecule is COc1ccc2c(c1)C(NC(=O)c1ccc(Cn3ccnc3C)cc1)CC(C)(C)O2. The van der Waals surface area contributed by atoms with E-state index in [1.165, 1.54) is 0 Å². The molecule has 6 heteroatoms. The Hall–Kier alpha value is -3.28. The number of hydrogen-bond acceptors (Lipinski definition) is 4. The van der Waals surface area contributed by atoms with Gasteiger partial charge in [0.2, 0.25) is 0 Å². The Morgan fingerprint density at radius 3 is 2.70 bits per heavy atom. The molecule has 1 aliphatic rings. The van der Waals surface area contributed by atoms with Crippen LogP contribution in [-0.2, 0) is 6.54 Å². The van der Waals surface area contributed by atoms with Crippen molar-refractivity contribution < 1.29 is 14.3 Å². The lowest BCUT2D eigenvalue weighted by Crippen LogP contribution is -2.41. The highest BCUT2D eigenvalue weighted by atomic mass is 16.5. The molecule has 1 unspecified atom stereocenters. The Balaban J connectivity index is 1.51. The van der Waals surface area contributed by atoms with E-state index in [-0.39, 0.29) is 17.6 Å². The van der Waals surface area contributed by atoms with Crippen molar-refractivity contribution in [3.8, 4) is 11.5 Å². The van der Waals surface area contributed by atoms with Gasteiger partial charge in [-0.3, -0.25) is 4.79 Å². The molecule has 1 amide bonds. The average molecular weight is 405 g/mol. The van der Waals surface area contributed by atoms with Gasteiger partial charge in [-0.25, -0.2) is 4.98 Å². The summed E-state index contributed by atoms with van der Waals surface area (Å²) in [7, 11) is 1.63. The van der Waals surface area contributed by atoms with Crippen LogP contribution in [0.3, 0.4) is 0 Å². The van der Waals surface area contributed by atoms with Crippen LogP contribution in [0.5, 0.6) is 11.5 Å². The molecule has 0 saturated carbocycles. The number of aromatic nitrogens is 2. The number of amides is 1. The normalized spacial score (nSPS) is 17.0. The number of ether oxygens (including phenoxy) is 2. The predicted octanol–water partition coefficient (Wildman–Crippen LogP) is 4.28. The molecule has 2 aromatic carbocycles. The molecule has 0 spiro atoms. The zero-order valence-electron chi connectivity index (χ0n) is 17.8. The van der Waals surface area contributed by atoms with Crippen molar-refractivity contribution >= 4 is 5.91 Å². The molecular formula is C24H27N3O3. The molecule has 30 heavy (non-hydrogen) atoms. The van der Waals surface area contributed by atoms with Crippen LogP contribution in [0, 0.1) is 6.92 Å². The third-order valence-corrected chi connectivity index (χ3v) is 5.47. The number of benzene rings is 2. The maximum absolute atomic E-state index is 13.0. The molecule has 1 N–H and O–H groups in total. The van der Waals surface area contributed by atoms with Gasteiger partial charge in [-0.1, -0.05) is 12.1 Å². The van der Waals surface area contributed by atoms with E-state index in [1.54, 1.807) is 13.3 Å². The van der Waals surface area contributed by atoms with Gasteiger partial charge in [0, 0.05) is 36.5 Å². The molecule has 1 atom stereocenters. The second-order valence-corrected chi connectivity index (χ2v) is 8.29. The van der Waals surface area contributed by atoms with Crippen LogP contribution in [0.15, 0.2) is 54.9 Å². The largest absolute Gasteiger partial charge is 0.497 e. The first-order chi connectivity index (χ1) is 14.3. The van der Waals surface area contributed by atoms with Gasteiger partial charge in [-0.2, -0.15) is 0 Å². The Labute approximate surface area is 176 Å². The lowest BCUT2D eigenvalue weighted by atomic mass is 9.89. The van der Waals surface area contributed by atoms with Crippen LogP contribution in [0.1, 0.15) is 53.6 Å². The van der Waals surface area contributed by atoms with Gasteiger partial charge in [0.1, 0.15) is 22.9 Å². The van der Waals surface area contributed by atoms with Gasteiger partial charge in [-0.15, -0.1) is 0 Å². The number of carbonyl (C=O) groups excluding carboxylic acids is 1. The summed E-state index contributed by atoms with van der Waals surface area (Å²) in [5, 5.41) is 3.18. The van der Waals surface area contributed by atoms with E-state index in [4.69, 9.17) is 9.47 Å². The van der Waals surface area contributed by atoms with Gasteiger partial charge < -0.3 is 19.4 Å². The minimum atomic E-state index is -0.369. The lowest BCUT2D eigenvalue weighted by molar-refractivity contribution is 0.0618. The van der Waals surface area contributed by atoms with Gasteiger partial charge in [0.05, 0.1) is 13.2 Å². The van der Waals surface area contributed by atoms with E-state index in [0.717, 1.165) is 35.0 Å². The summed E-state index contributed by atoms with van der Waals surface area (Å²) >= 11 is 0. The zero-order chi connectivity index (χ0) is 21.3. The molecule has 3 aromatic rings. The topological polar surface area (TPSA) is 65.4 Å². The van der Waals surface area contributed by atoms with Gasteiger partial charge in [0.15, 0.2) is 0 Å². The number of methoxy groups -OCH3 is 1. The monoisotopic (exact) mass is 405 g/mol. The molecule has 0 bridgehead atoms. The Bertz CT molecular complexity index is 1050. The van der Waals surface area contributed by atoms with E-state index in [0.29, 0.717) is 12.0 Å². The van der Waals surface area contributed by atoms with Crippen molar-refractivity contribution in [2.45, 2.75) is 45.4 Å². The number of aryl methyl sites for hydroxylation is 1. The Morgan fingerprint density at radius 1 is 1.27 bits per heavy atom. The van der Waals surface area contributed by atoms with Gasteiger partial charge in [-0.05, 0) is 56.7 Å². The minimum absolute atomic E-state index is 0.100. The summed E-state index contributed by atoms with van der Waals surface area (Å²) in [6, 6.07) is 13.3. The van der Waals surface area contributed by atoms with Crippen molar-refractivity contribution in [2.75, 3.05) is 7.11 Å². The highest BCUT2D eigenvalue weighted by molar-refractivity contribution is 5.94. The highest BCUT2D eigenvalue weighted by Gasteiger charge is 2.35. The van der Waals surface area contributed by atoms with Crippen LogP contribution in [0.2, 0.25) is 0 Å². The molecule has 2 heterocycles. The molecule has 0 fully saturated rings. The fourth-order valence-electron chi connectivity index (χ4n) is 3.86. The molecule has 1 aromatic heterocycles. The molecule has 156 valence electrons. The fraction of sp³-hybridized carbons (Fsp3) is 0.333. The number of fused-ring (bicyclic) bond motifs is 1. The van der Waals surface area contributed by atoms with Gasteiger partial charge >= 0.3 is 0 Å². The Kier molecular flexibility index (Phi) is 5.24.